The molecule has 2 aromatic heterocycles. The van der Waals surface area contributed by atoms with Gasteiger partial charge in [-0.05, 0) is 42.5 Å². The number of nitrogens with one attached hydrogen (secondary N) is 1. The van der Waals surface area contributed by atoms with Gasteiger partial charge in [0.25, 0.3) is 5.56 Å². The van der Waals surface area contributed by atoms with Crippen LogP contribution in [0.15, 0.2) is 71.9 Å². The summed E-state index contributed by atoms with van der Waals surface area (Å²) >= 11 is 0. The van der Waals surface area contributed by atoms with Gasteiger partial charge < -0.3 is 5.32 Å². The fourth-order valence-electron chi connectivity index (χ4n) is 4.12. The van der Waals surface area contributed by atoms with Crippen molar-refractivity contribution in [3.05, 3.63) is 88.6 Å². The van der Waals surface area contributed by atoms with Crippen LogP contribution in [0.4, 0.5) is 0 Å². The molecule has 0 spiro atoms. The van der Waals surface area contributed by atoms with Crippen molar-refractivity contribution in [2.75, 3.05) is 0 Å². The van der Waals surface area contributed by atoms with Gasteiger partial charge in [0.2, 0.25) is 5.91 Å². The lowest BCUT2D eigenvalue weighted by molar-refractivity contribution is -0.122. The Labute approximate surface area is 173 Å². The molecule has 0 unspecified atom stereocenters. The van der Waals surface area contributed by atoms with Crippen molar-refractivity contribution in [3.63, 3.8) is 0 Å². The Morgan fingerprint density at radius 1 is 1.10 bits per heavy atom. The van der Waals surface area contributed by atoms with Gasteiger partial charge >= 0.3 is 0 Å². The third-order valence-electron chi connectivity index (χ3n) is 5.57. The molecule has 2 heterocycles. The maximum atomic E-state index is 12.9. The third-order valence-corrected chi connectivity index (χ3v) is 5.57. The molecule has 7 nitrogen and oxygen atoms in total. The van der Waals surface area contributed by atoms with Crippen molar-refractivity contribution in [1.29, 1.82) is 0 Å². The number of aryl methyl sites for hydroxylation is 1. The Morgan fingerprint density at radius 2 is 1.90 bits per heavy atom. The summed E-state index contributed by atoms with van der Waals surface area (Å²) < 4.78 is 2.96. The second-order valence-corrected chi connectivity index (χ2v) is 7.52. The zero-order valence-corrected chi connectivity index (χ0v) is 16.4. The summed E-state index contributed by atoms with van der Waals surface area (Å²) in [5.74, 6) is -0.199. The van der Waals surface area contributed by atoms with Gasteiger partial charge in [-0.2, -0.15) is 5.10 Å². The number of carbonyl (C=O) groups excluding carboxylic acids is 1. The fraction of sp³-hybridized carbons (Fsp3) is 0.217. The minimum atomic E-state index is -0.277. The van der Waals surface area contributed by atoms with E-state index < -0.39 is 0 Å². The lowest BCUT2D eigenvalue weighted by atomic mass is 9.88. The molecule has 0 fully saturated rings. The van der Waals surface area contributed by atoms with Crippen molar-refractivity contribution in [2.24, 2.45) is 0 Å². The average Bonchev–Trinajstić information content (AvgIpc) is 3.21. The van der Waals surface area contributed by atoms with Gasteiger partial charge in [-0.25, -0.2) is 9.67 Å². The highest BCUT2D eigenvalue weighted by atomic mass is 16.2. The molecule has 150 valence electrons. The van der Waals surface area contributed by atoms with Gasteiger partial charge in [0.05, 0.1) is 17.9 Å². The van der Waals surface area contributed by atoms with Crippen LogP contribution in [0.25, 0.3) is 16.7 Å². The minimum Gasteiger partial charge on any atom is -0.348 e. The van der Waals surface area contributed by atoms with E-state index in [1.807, 2.05) is 42.5 Å². The lowest BCUT2D eigenvalue weighted by Crippen LogP contribution is -2.36. The van der Waals surface area contributed by atoms with Crippen molar-refractivity contribution in [1.82, 2.24) is 24.6 Å². The second kappa shape index (κ2) is 7.59. The molecule has 30 heavy (non-hydrogen) atoms. The number of para-hydroxylation sites is 1. The first-order valence-electron chi connectivity index (χ1n) is 10.1. The SMILES string of the molecule is O=C(Cn1cnc2c(cnn2-c2ccccc2)c1=O)N[C@@H]1CCCc2ccccc21. The van der Waals surface area contributed by atoms with Gasteiger partial charge in [0, 0.05) is 0 Å². The highest BCUT2D eigenvalue weighted by molar-refractivity contribution is 5.78. The predicted molar refractivity (Wildman–Crippen MR) is 113 cm³/mol. The summed E-state index contributed by atoms with van der Waals surface area (Å²) in [6.45, 7) is -0.0725. The van der Waals surface area contributed by atoms with Crippen LogP contribution < -0.4 is 10.9 Å². The number of benzene rings is 2. The Bertz CT molecular complexity index is 1280. The van der Waals surface area contributed by atoms with E-state index >= 15 is 0 Å². The topological polar surface area (TPSA) is 81.8 Å². The first-order valence-corrected chi connectivity index (χ1v) is 10.1. The number of hydrogen-bond acceptors (Lipinski definition) is 4. The van der Waals surface area contributed by atoms with Crippen LogP contribution in [0.1, 0.15) is 30.0 Å². The predicted octanol–water partition coefficient (Wildman–Crippen LogP) is 2.78. The van der Waals surface area contributed by atoms with E-state index in [0.717, 1.165) is 24.9 Å². The molecule has 0 saturated heterocycles. The molecular formula is C23H21N5O2. The number of carbonyl (C=O) groups is 1. The quantitative estimate of drug-likeness (QED) is 0.572. The van der Waals surface area contributed by atoms with Gasteiger partial charge in [0.1, 0.15) is 18.3 Å². The molecule has 0 aliphatic heterocycles. The molecule has 0 radical (unpaired) electrons. The van der Waals surface area contributed by atoms with E-state index in [2.05, 4.69) is 27.5 Å². The summed E-state index contributed by atoms with van der Waals surface area (Å²) in [6, 6.07) is 17.7. The second-order valence-electron chi connectivity index (χ2n) is 7.52. The van der Waals surface area contributed by atoms with Crippen molar-refractivity contribution >= 4 is 16.9 Å². The smallest absolute Gasteiger partial charge is 0.264 e. The van der Waals surface area contributed by atoms with E-state index in [0.29, 0.717) is 11.0 Å². The van der Waals surface area contributed by atoms with Crippen molar-refractivity contribution in [3.8, 4) is 5.69 Å². The van der Waals surface area contributed by atoms with Gasteiger partial charge in [0.15, 0.2) is 5.65 Å². The molecule has 0 saturated carbocycles. The molecule has 1 aliphatic carbocycles. The Kier molecular flexibility index (Phi) is 4.63. The first-order chi connectivity index (χ1) is 14.7. The molecule has 5 rings (SSSR count). The van der Waals surface area contributed by atoms with Gasteiger partial charge in [-0.3, -0.25) is 14.2 Å². The molecule has 1 atom stereocenters. The molecule has 7 heteroatoms. The molecule has 1 amide bonds. The highest BCUT2D eigenvalue weighted by Gasteiger charge is 2.22. The van der Waals surface area contributed by atoms with Crippen LogP contribution >= 0.6 is 0 Å². The third kappa shape index (κ3) is 3.28. The molecule has 1 N–H and O–H groups in total. The van der Waals surface area contributed by atoms with Crippen LogP contribution in [-0.2, 0) is 17.8 Å². The molecule has 2 aromatic carbocycles. The number of nitrogens with zero attached hydrogens (tertiary/aromatic N) is 4. The summed E-state index contributed by atoms with van der Waals surface area (Å²) in [5, 5.41) is 7.77. The van der Waals surface area contributed by atoms with E-state index in [1.54, 1.807) is 4.68 Å². The van der Waals surface area contributed by atoms with Crippen LogP contribution in [0, 0.1) is 0 Å². The lowest BCUT2D eigenvalue weighted by Gasteiger charge is -2.26. The van der Waals surface area contributed by atoms with Crippen LogP contribution in [0.3, 0.4) is 0 Å². The summed E-state index contributed by atoms with van der Waals surface area (Å²) in [4.78, 5) is 30.0. The van der Waals surface area contributed by atoms with Gasteiger partial charge in [-0.1, -0.05) is 42.5 Å². The molecule has 0 bridgehead atoms. The summed E-state index contributed by atoms with van der Waals surface area (Å²) in [6.07, 6.45) is 5.89. The normalized spacial score (nSPS) is 15.7. The number of rotatable bonds is 4. The number of amides is 1. The minimum absolute atomic E-state index is 0.0179. The van der Waals surface area contributed by atoms with Gasteiger partial charge in [-0.15, -0.1) is 0 Å². The largest absolute Gasteiger partial charge is 0.348 e. The zero-order valence-electron chi connectivity index (χ0n) is 16.4. The average molecular weight is 399 g/mol. The Balaban J connectivity index is 1.38. The molecule has 1 aliphatic rings. The summed E-state index contributed by atoms with van der Waals surface area (Å²) in [5.41, 5.74) is 3.47. The van der Waals surface area contributed by atoms with Crippen LogP contribution in [0.5, 0.6) is 0 Å². The first kappa shape index (κ1) is 18.3. The molecular weight excluding hydrogens is 378 g/mol. The maximum Gasteiger partial charge on any atom is 0.264 e. The van der Waals surface area contributed by atoms with Crippen molar-refractivity contribution in [2.45, 2.75) is 31.8 Å². The zero-order chi connectivity index (χ0) is 20.5. The standard InChI is InChI=1S/C23H21N5O2/c29-21(26-20-12-6-8-16-7-4-5-11-18(16)20)14-27-15-24-22-19(23(27)30)13-25-28(22)17-9-2-1-3-10-17/h1-5,7,9-11,13,15,20H,6,8,12,14H2,(H,26,29)/t20-/m1/s1. The number of fused-ring (bicyclic) bond motifs is 2. The van der Waals surface area contributed by atoms with Crippen molar-refractivity contribution < 1.29 is 4.79 Å². The van der Waals surface area contributed by atoms with Crippen LogP contribution in [0.2, 0.25) is 0 Å². The van der Waals surface area contributed by atoms with E-state index in [-0.39, 0.29) is 24.1 Å². The van der Waals surface area contributed by atoms with E-state index in [4.69, 9.17) is 0 Å². The maximum absolute atomic E-state index is 12.9. The van der Waals surface area contributed by atoms with E-state index in [9.17, 15) is 9.59 Å². The number of aromatic nitrogens is 4. The molecule has 4 aromatic rings. The highest BCUT2D eigenvalue weighted by Crippen LogP contribution is 2.29. The van der Waals surface area contributed by atoms with E-state index in [1.165, 1.54) is 28.2 Å². The summed E-state index contributed by atoms with van der Waals surface area (Å²) in [7, 11) is 0. The van der Waals surface area contributed by atoms with Crippen LogP contribution in [-0.4, -0.2) is 25.2 Å². The fourth-order valence-corrected chi connectivity index (χ4v) is 4.12. The Morgan fingerprint density at radius 3 is 2.77 bits per heavy atom. The monoisotopic (exact) mass is 399 g/mol. The Hall–Kier alpha value is -3.74. The number of hydrogen-bond donors (Lipinski definition) is 1.